The zero-order chi connectivity index (χ0) is 19.2. The number of hydrogen-bond donors (Lipinski definition) is 1. The molecule has 0 saturated carbocycles. The second-order valence-electron chi connectivity index (χ2n) is 5.67. The summed E-state index contributed by atoms with van der Waals surface area (Å²) >= 11 is 5.97. The SMILES string of the molecule is CCOc1ccc(-c2nonc2NC(=O)COc2ccc(Cl)c(C)c2)cc1. The molecule has 1 heterocycles. The number of hydrogen-bond acceptors (Lipinski definition) is 6. The molecular weight excluding hydrogens is 370 g/mol. The van der Waals surface area contributed by atoms with E-state index in [0.717, 1.165) is 16.9 Å². The Morgan fingerprint density at radius 1 is 1.11 bits per heavy atom. The summed E-state index contributed by atoms with van der Waals surface area (Å²) in [7, 11) is 0. The van der Waals surface area contributed by atoms with Gasteiger partial charge in [-0.15, -0.1) is 0 Å². The van der Waals surface area contributed by atoms with Gasteiger partial charge in [-0.25, -0.2) is 4.63 Å². The Balaban J connectivity index is 1.63. The lowest BCUT2D eigenvalue weighted by Gasteiger charge is -2.08. The molecule has 140 valence electrons. The van der Waals surface area contributed by atoms with Gasteiger partial charge >= 0.3 is 0 Å². The minimum absolute atomic E-state index is 0.184. The molecular formula is C19H18ClN3O4. The van der Waals surface area contributed by atoms with Crippen molar-refractivity contribution in [1.29, 1.82) is 0 Å². The number of nitrogens with zero attached hydrogens (tertiary/aromatic N) is 2. The molecule has 8 heteroatoms. The zero-order valence-electron chi connectivity index (χ0n) is 14.9. The van der Waals surface area contributed by atoms with Gasteiger partial charge in [0.2, 0.25) is 5.82 Å². The van der Waals surface area contributed by atoms with Crippen LogP contribution in [-0.2, 0) is 4.79 Å². The van der Waals surface area contributed by atoms with Gasteiger partial charge in [-0.3, -0.25) is 4.79 Å². The molecule has 0 aliphatic carbocycles. The molecule has 0 radical (unpaired) electrons. The van der Waals surface area contributed by atoms with E-state index in [4.69, 9.17) is 25.7 Å². The molecule has 0 saturated heterocycles. The number of carbonyl (C=O) groups is 1. The number of aryl methyl sites for hydroxylation is 1. The average Bonchev–Trinajstić information content (AvgIpc) is 3.11. The fraction of sp³-hybridized carbons (Fsp3) is 0.211. The first-order valence-electron chi connectivity index (χ1n) is 8.31. The highest BCUT2D eigenvalue weighted by Gasteiger charge is 2.15. The smallest absolute Gasteiger partial charge is 0.263 e. The van der Waals surface area contributed by atoms with E-state index < -0.39 is 0 Å². The monoisotopic (exact) mass is 387 g/mol. The minimum atomic E-state index is -0.384. The van der Waals surface area contributed by atoms with Gasteiger partial charge in [0.05, 0.1) is 6.61 Å². The van der Waals surface area contributed by atoms with Gasteiger partial charge < -0.3 is 14.8 Å². The quantitative estimate of drug-likeness (QED) is 0.656. The summed E-state index contributed by atoms with van der Waals surface area (Å²) in [5, 5.41) is 10.9. The summed E-state index contributed by atoms with van der Waals surface area (Å²) in [5.74, 6) is 1.14. The molecule has 27 heavy (non-hydrogen) atoms. The average molecular weight is 388 g/mol. The van der Waals surface area contributed by atoms with Crippen molar-refractivity contribution >= 4 is 23.3 Å². The molecule has 1 amide bonds. The van der Waals surface area contributed by atoms with E-state index >= 15 is 0 Å². The van der Waals surface area contributed by atoms with Crippen molar-refractivity contribution in [2.45, 2.75) is 13.8 Å². The van der Waals surface area contributed by atoms with Crippen molar-refractivity contribution in [1.82, 2.24) is 10.3 Å². The Bertz CT molecular complexity index is 925. The van der Waals surface area contributed by atoms with E-state index in [-0.39, 0.29) is 18.3 Å². The molecule has 0 aliphatic rings. The zero-order valence-corrected chi connectivity index (χ0v) is 15.6. The van der Waals surface area contributed by atoms with Gasteiger partial charge in [0.25, 0.3) is 5.91 Å². The third-order valence-corrected chi connectivity index (χ3v) is 4.11. The molecule has 7 nitrogen and oxygen atoms in total. The topological polar surface area (TPSA) is 86.5 Å². The van der Waals surface area contributed by atoms with Crippen molar-refractivity contribution in [3.63, 3.8) is 0 Å². The molecule has 0 bridgehead atoms. The van der Waals surface area contributed by atoms with Crippen molar-refractivity contribution in [2.75, 3.05) is 18.5 Å². The molecule has 1 aromatic heterocycles. The number of aromatic nitrogens is 2. The fourth-order valence-electron chi connectivity index (χ4n) is 2.36. The van der Waals surface area contributed by atoms with E-state index in [1.165, 1.54) is 0 Å². The number of benzene rings is 2. The highest BCUT2D eigenvalue weighted by atomic mass is 35.5. The van der Waals surface area contributed by atoms with Crippen LogP contribution in [0.5, 0.6) is 11.5 Å². The maximum absolute atomic E-state index is 12.2. The van der Waals surface area contributed by atoms with E-state index in [2.05, 4.69) is 15.6 Å². The number of ether oxygens (including phenoxy) is 2. The van der Waals surface area contributed by atoms with Gasteiger partial charge in [0, 0.05) is 10.6 Å². The number of amides is 1. The second kappa shape index (κ2) is 8.55. The van der Waals surface area contributed by atoms with Crippen LogP contribution in [0.4, 0.5) is 5.82 Å². The lowest BCUT2D eigenvalue weighted by atomic mass is 10.1. The van der Waals surface area contributed by atoms with Gasteiger partial charge in [-0.2, -0.15) is 0 Å². The largest absolute Gasteiger partial charge is 0.494 e. The fourth-order valence-corrected chi connectivity index (χ4v) is 2.48. The lowest BCUT2D eigenvalue weighted by Crippen LogP contribution is -2.20. The van der Waals surface area contributed by atoms with Crippen LogP contribution < -0.4 is 14.8 Å². The third-order valence-electron chi connectivity index (χ3n) is 3.68. The molecule has 2 aromatic carbocycles. The summed E-state index contributed by atoms with van der Waals surface area (Å²) in [5.41, 5.74) is 2.03. The van der Waals surface area contributed by atoms with E-state index in [0.29, 0.717) is 23.1 Å². The first-order valence-corrected chi connectivity index (χ1v) is 8.69. The Kier molecular flexibility index (Phi) is 5.93. The number of halogens is 1. The first-order chi connectivity index (χ1) is 13.1. The second-order valence-corrected chi connectivity index (χ2v) is 6.07. The standard InChI is InChI=1S/C19H18ClN3O4/c1-3-25-14-6-4-13(5-7-14)18-19(23-27-22-18)21-17(24)11-26-15-8-9-16(20)12(2)10-15/h4-10H,3,11H2,1-2H3,(H,21,23,24). The minimum Gasteiger partial charge on any atom is -0.494 e. The highest BCUT2D eigenvalue weighted by Crippen LogP contribution is 2.26. The van der Waals surface area contributed by atoms with Gasteiger partial charge in [0.15, 0.2) is 12.3 Å². The highest BCUT2D eigenvalue weighted by molar-refractivity contribution is 6.31. The van der Waals surface area contributed by atoms with Crippen molar-refractivity contribution in [3.05, 3.63) is 53.1 Å². The predicted octanol–water partition coefficient (Wildman–Crippen LogP) is 4.11. The van der Waals surface area contributed by atoms with Crippen molar-refractivity contribution in [3.8, 4) is 22.8 Å². The Hall–Kier alpha value is -3.06. The molecule has 0 aliphatic heterocycles. The molecule has 0 spiro atoms. The van der Waals surface area contributed by atoms with Gasteiger partial charge in [0.1, 0.15) is 11.5 Å². The molecule has 0 atom stereocenters. The Morgan fingerprint density at radius 2 is 1.85 bits per heavy atom. The summed E-state index contributed by atoms with van der Waals surface area (Å²) in [6.07, 6.45) is 0. The summed E-state index contributed by atoms with van der Waals surface area (Å²) < 4.78 is 15.7. The predicted molar refractivity (Wildman–Crippen MR) is 101 cm³/mol. The molecule has 1 N–H and O–H groups in total. The van der Waals surface area contributed by atoms with Crippen LogP contribution in [0.25, 0.3) is 11.3 Å². The molecule has 0 unspecified atom stereocenters. The molecule has 3 aromatic rings. The third kappa shape index (κ3) is 4.77. The maximum atomic E-state index is 12.2. The van der Waals surface area contributed by atoms with E-state index in [1.54, 1.807) is 18.2 Å². The first kappa shape index (κ1) is 18.7. The lowest BCUT2D eigenvalue weighted by molar-refractivity contribution is -0.118. The number of rotatable bonds is 7. The Morgan fingerprint density at radius 3 is 2.56 bits per heavy atom. The van der Waals surface area contributed by atoms with Crippen LogP contribution in [0, 0.1) is 6.92 Å². The van der Waals surface area contributed by atoms with Gasteiger partial charge in [-0.05, 0) is 72.2 Å². The molecule has 3 rings (SSSR count). The Labute approximate surface area is 161 Å². The van der Waals surface area contributed by atoms with Crippen LogP contribution in [0.1, 0.15) is 12.5 Å². The van der Waals surface area contributed by atoms with Crippen LogP contribution in [0.3, 0.4) is 0 Å². The van der Waals surface area contributed by atoms with Crippen LogP contribution >= 0.6 is 11.6 Å². The summed E-state index contributed by atoms with van der Waals surface area (Å²) in [6, 6.07) is 12.4. The maximum Gasteiger partial charge on any atom is 0.263 e. The number of anilines is 1. The van der Waals surface area contributed by atoms with Crippen molar-refractivity contribution < 1.29 is 18.9 Å². The number of nitrogens with one attached hydrogen (secondary N) is 1. The normalized spacial score (nSPS) is 10.5. The van der Waals surface area contributed by atoms with Crippen LogP contribution in [-0.4, -0.2) is 29.4 Å². The van der Waals surface area contributed by atoms with Crippen molar-refractivity contribution in [2.24, 2.45) is 0 Å². The van der Waals surface area contributed by atoms with Crippen LogP contribution in [0.15, 0.2) is 47.1 Å². The van der Waals surface area contributed by atoms with Gasteiger partial charge in [-0.1, -0.05) is 11.6 Å². The van der Waals surface area contributed by atoms with E-state index in [1.807, 2.05) is 38.1 Å². The number of carbonyl (C=O) groups excluding carboxylic acids is 1. The molecule has 0 fully saturated rings. The summed E-state index contributed by atoms with van der Waals surface area (Å²) in [4.78, 5) is 12.2. The summed E-state index contributed by atoms with van der Waals surface area (Å²) in [6.45, 7) is 4.17. The van der Waals surface area contributed by atoms with Crippen LogP contribution in [0.2, 0.25) is 5.02 Å². The van der Waals surface area contributed by atoms with E-state index in [9.17, 15) is 4.79 Å².